The zero-order chi connectivity index (χ0) is 30.4. The molecule has 5 heterocycles. The summed E-state index contributed by atoms with van der Waals surface area (Å²) < 4.78 is 74.2. The fourth-order valence-electron chi connectivity index (χ4n) is 6.38. The first-order valence-electron chi connectivity index (χ1n) is 14.9. The number of hydrogen-bond acceptors (Lipinski definition) is 9. The van der Waals surface area contributed by atoms with Crippen molar-refractivity contribution in [1.82, 2.24) is 19.8 Å². The van der Waals surface area contributed by atoms with Gasteiger partial charge in [0.25, 0.3) is 5.91 Å². The number of benzene rings is 1. The van der Waals surface area contributed by atoms with Crippen LogP contribution in [-0.4, -0.2) is 78.2 Å². The van der Waals surface area contributed by atoms with Crippen molar-refractivity contribution in [2.75, 3.05) is 37.4 Å². The van der Waals surface area contributed by atoms with Crippen LogP contribution >= 0.6 is 11.3 Å². The van der Waals surface area contributed by atoms with E-state index in [0.29, 0.717) is 25.2 Å². The third-order valence-corrected chi connectivity index (χ3v) is 12.2. The summed E-state index contributed by atoms with van der Waals surface area (Å²) in [5.74, 6) is -0.477. The summed E-state index contributed by atoms with van der Waals surface area (Å²) in [6, 6.07) is 5.91. The monoisotopic (exact) mass is 645 g/mol. The van der Waals surface area contributed by atoms with Crippen molar-refractivity contribution in [3.8, 4) is 10.6 Å². The van der Waals surface area contributed by atoms with Gasteiger partial charge in [0.15, 0.2) is 9.84 Å². The number of fused-ring (bicyclic) bond motifs is 2. The molecule has 3 fully saturated rings. The largest absolute Gasteiger partial charge is 0.420 e. The fourth-order valence-corrected chi connectivity index (χ4v) is 9.30. The minimum Gasteiger partial charge on any atom is -0.377 e. The van der Waals surface area contributed by atoms with Gasteiger partial charge in [-0.15, -0.1) is 11.3 Å². The molecule has 2 aromatic heterocycles. The lowest BCUT2D eigenvalue weighted by molar-refractivity contribution is -0.137. The Morgan fingerprint density at radius 1 is 1.02 bits per heavy atom. The minimum absolute atomic E-state index is 0.00399. The second-order valence-corrected chi connectivity index (χ2v) is 15.5. The average molecular weight is 646 g/mol. The van der Waals surface area contributed by atoms with Crippen LogP contribution in [0.5, 0.6) is 0 Å². The molecule has 5 aliphatic rings. The van der Waals surface area contributed by atoms with Crippen LogP contribution in [0.25, 0.3) is 10.6 Å². The highest BCUT2D eigenvalue weighted by Gasteiger charge is 2.41. The number of nitrogens with one attached hydrogen (secondary N) is 1. The normalized spacial score (nSPS) is 22.2. The highest BCUT2D eigenvalue weighted by molar-refractivity contribution is 7.91. The number of rotatable bonds is 6. The van der Waals surface area contributed by atoms with Gasteiger partial charge in [-0.05, 0) is 66.8 Å². The molecule has 14 heteroatoms. The van der Waals surface area contributed by atoms with Crippen molar-refractivity contribution < 1.29 is 31.1 Å². The van der Waals surface area contributed by atoms with Crippen LogP contribution in [0.4, 0.5) is 24.8 Å². The summed E-state index contributed by atoms with van der Waals surface area (Å²) in [5.41, 5.74) is 2.87. The van der Waals surface area contributed by atoms with E-state index in [2.05, 4.69) is 32.3 Å². The maximum absolute atomic E-state index is 14.2. The Kier molecular flexibility index (Phi) is 6.60. The van der Waals surface area contributed by atoms with Gasteiger partial charge >= 0.3 is 6.18 Å². The highest BCUT2D eigenvalue weighted by Crippen LogP contribution is 2.47. The van der Waals surface area contributed by atoms with Crippen LogP contribution < -0.4 is 5.32 Å². The van der Waals surface area contributed by atoms with Gasteiger partial charge in [-0.25, -0.2) is 18.4 Å². The Morgan fingerprint density at radius 2 is 1.82 bits per heavy atom. The maximum Gasteiger partial charge on any atom is 0.420 e. The Balaban J connectivity index is 1.17. The van der Waals surface area contributed by atoms with E-state index >= 15 is 0 Å². The smallest absolute Gasteiger partial charge is 0.377 e. The van der Waals surface area contributed by atoms with Crippen molar-refractivity contribution in [2.24, 2.45) is 0 Å². The van der Waals surface area contributed by atoms with Crippen molar-refractivity contribution in [2.45, 2.75) is 67.7 Å². The van der Waals surface area contributed by atoms with E-state index in [1.807, 2.05) is 0 Å². The molecule has 1 N–H and O–H groups in total. The number of sulfone groups is 1. The summed E-state index contributed by atoms with van der Waals surface area (Å²) in [5, 5.41) is 3.21. The third kappa shape index (κ3) is 5.09. The zero-order valence-electron chi connectivity index (χ0n) is 23.7. The molecule has 2 saturated carbocycles. The molecule has 9 nitrogen and oxygen atoms in total. The summed E-state index contributed by atoms with van der Waals surface area (Å²) in [7, 11) is -3.92. The predicted octanol–water partition coefficient (Wildman–Crippen LogP) is 4.99. The summed E-state index contributed by atoms with van der Waals surface area (Å²) >= 11 is 0.723. The topological polar surface area (TPSA) is 105 Å². The molecular weight excluding hydrogens is 615 g/mol. The SMILES string of the molecule is O=C1c2sc(-c3nc(Nc4cc5c(cc4C4CC4)CN(C4CC4)CC5)ncc3C(F)(F)F)cc2S(=O)(=O)CCN1C1COC1. The Labute approximate surface area is 256 Å². The Morgan fingerprint density at radius 3 is 2.50 bits per heavy atom. The maximum atomic E-state index is 14.2. The van der Waals surface area contributed by atoms with E-state index in [4.69, 9.17) is 4.74 Å². The van der Waals surface area contributed by atoms with Crippen LogP contribution in [0.1, 0.15) is 63.5 Å². The van der Waals surface area contributed by atoms with Crippen LogP contribution in [0.3, 0.4) is 0 Å². The third-order valence-electron chi connectivity index (χ3n) is 9.22. The molecule has 0 spiro atoms. The highest BCUT2D eigenvalue weighted by atomic mass is 32.2. The second kappa shape index (κ2) is 10.2. The lowest BCUT2D eigenvalue weighted by atomic mass is 9.94. The molecular formula is C30H30F3N5O4S2. The van der Waals surface area contributed by atoms with E-state index in [1.54, 1.807) is 0 Å². The number of ether oxygens (including phenoxy) is 1. The molecule has 1 aromatic carbocycles. The lowest BCUT2D eigenvalue weighted by Crippen LogP contribution is -2.52. The van der Waals surface area contributed by atoms with Crippen LogP contribution in [0.15, 0.2) is 29.3 Å². The zero-order valence-corrected chi connectivity index (χ0v) is 25.3. The van der Waals surface area contributed by atoms with E-state index in [0.717, 1.165) is 67.2 Å². The number of nitrogens with zero attached hydrogens (tertiary/aromatic N) is 4. The predicted molar refractivity (Wildman–Crippen MR) is 157 cm³/mol. The van der Waals surface area contributed by atoms with E-state index in [1.165, 1.54) is 28.9 Å². The summed E-state index contributed by atoms with van der Waals surface area (Å²) in [4.78, 5) is 25.4. The number of thiophene rings is 1. The average Bonchev–Trinajstić information content (AvgIpc) is 3.89. The number of amides is 1. The number of hydrogen-bond donors (Lipinski definition) is 1. The number of halogens is 3. The van der Waals surface area contributed by atoms with Crippen LogP contribution in [0.2, 0.25) is 0 Å². The van der Waals surface area contributed by atoms with Gasteiger partial charge in [-0.2, -0.15) is 13.2 Å². The van der Waals surface area contributed by atoms with Gasteiger partial charge in [0.2, 0.25) is 5.95 Å². The number of carbonyl (C=O) groups is 1. The van der Waals surface area contributed by atoms with Gasteiger partial charge in [0.1, 0.15) is 10.4 Å². The molecule has 2 aliphatic carbocycles. The quantitative estimate of drug-likeness (QED) is 0.400. The van der Waals surface area contributed by atoms with Crippen molar-refractivity contribution in [3.05, 3.63) is 51.5 Å². The van der Waals surface area contributed by atoms with E-state index in [9.17, 15) is 26.4 Å². The number of carbonyl (C=O) groups excluding carboxylic acids is 1. The van der Waals surface area contributed by atoms with Crippen LogP contribution in [-0.2, 0) is 33.7 Å². The van der Waals surface area contributed by atoms with E-state index < -0.39 is 33.2 Å². The Bertz CT molecular complexity index is 1780. The standard InChI is InChI=1S/C30H30F3N5O4S2/c31-30(32,33)22-12-34-29(35-23-10-17-5-6-37(19-3-4-19)13-18(17)9-21(23)16-1-2-16)36-26(22)24-11-25-27(43-24)28(39)38(20-14-42-15-20)7-8-44(25,40)41/h9-12,16,19-20H,1-8,13-15H2,(H,34,35,36). The molecule has 232 valence electrons. The molecule has 3 aliphatic heterocycles. The van der Waals surface area contributed by atoms with Crippen molar-refractivity contribution in [1.29, 1.82) is 0 Å². The minimum atomic E-state index is -4.80. The van der Waals surface area contributed by atoms with Gasteiger partial charge in [-0.1, -0.05) is 6.07 Å². The number of aromatic nitrogens is 2. The van der Waals surface area contributed by atoms with Gasteiger partial charge in [-0.3, -0.25) is 9.69 Å². The molecule has 44 heavy (non-hydrogen) atoms. The van der Waals surface area contributed by atoms with Gasteiger partial charge < -0.3 is 15.0 Å². The molecule has 0 bridgehead atoms. The molecule has 0 radical (unpaired) electrons. The van der Waals surface area contributed by atoms with Crippen molar-refractivity contribution in [3.63, 3.8) is 0 Å². The molecule has 1 amide bonds. The molecule has 1 saturated heterocycles. The Hall–Kier alpha value is -3.07. The van der Waals surface area contributed by atoms with E-state index in [-0.39, 0.29) is 38.9 Å². The molecule has 0 atom stereocenters. The van der Waals surface area contributed by atoms with Gasteiger partial charge in [0.05, 0.1) is 40.5 Å². The summed E-state index contributed by atoms with van der Waals surface area (Å²) in [6.07, 6.45) is 1.42. The van der Waals surface area contributed by atoms with Crippen LogP contribution in [0, 0.1) is 0 Å². The second-order valence-electron chi connectivity index (χ2n) is 12.3. The number of alkyl halides is 3. The molecule has 3 aromatic rings. The first-order valence-corrected chi connectivity index (χ1v) is 17.4. The fraction of sp³-hybridized carbons (Fsp3) is 0.500. The lowest BCUT2D eigenvalue weighted by Gasteiger charge is -2.36. The summed E-state index contributed by atoms with van der Waals surface area (Å²) in [6.45, 7) is 2.49. The first kappa shape index (κ1) is 28.4. The first-order chi connectivity index (χ1) is 21.0. The number of anilines is 2. The molecule has 8 rings (SSSR count). The molecule has 0 unspecified atom stereocenters. The van der Waals surface area contributed by atoms with Gasteiger partial charge in [0, 0.05) is 37.6 Å². The van der Waals surface area contributed by atoms with Crippen molar-refractivity contribution >= 4 is 38.7 Å².